The first-order valence-electron chi connectivity index (χ1n) is 5.57. The molecule has 0 amide bonds. The van der Waals surface area contributed by atoms with E-state index in [1.165, 1.54) is 0 Å². The van der Waals surface area contributed by atoms with Crippen LogP contribution in [0.4, 0.5) is 5.69 Å². The van der Waals surface area contributed by atoms with Crippen LogP contribution in [0.3, 0.4) is 0 Å². The maximum Gasteiger partial charge on any atom is 0.278 e. The van der Waals surface area contributed by atoms with Gasteiger partial charge in [0.1, 0.15) is 5.69 Å². The zero-order chi connectivity index (χ0) is 12.6. The van der Waals surface area contributed by atoms with E-state index >= 15 is 0 Å². The average Bonchev–Trinajstić information content (AvgIpc) is 2.29. The lowest BCUT2D eigenvalue weighted by Gasteiger charge is -2.14. The first-order chi connectivity index (χ1) is 8.02. The number of hydrogen-bond acceptors (Lipinski definition) is 2. The number of nitrogens with zero attached hydrogens (tertiary/aromatic N) is 1. The molecule has 0 radical (unpaired) electrons. The summed E-state index contributed by atoms with van der Waals surface area (Å²) in [6.45, 7) is 5.75. The Hall–Kier alpha value is -2.03. The zero-order valence-corrected chi connectivity index (χ0v) is 10.3. The number of para-hydroxylation sites is 1. The molecular formula is C14H16N2O. The maximum absolute atomic E-state index is 12.2. The molecule has 0 saturated carbocycles. The fourth-order valence-corrected chi connectivity index (χ4v) is 2.02. The van der Waals surface area contributed by atoms with Crippen molar-refractivity contribution >= 4 is 5.69 Å². The van der Waals surface area contributed by atoms with Gasteiger partial charge in [0, 0.05) is 5.69 Å². The molecule has 1 aromatic heterocycles. The molecule has 1 aromatic carbocycles. The number of aryl methyl sites for hydroxylation is 3. The lowest BCUT2D eigenvalue weighted by molar-refractivity contribution is 0.923. The molecule has 0 saturated heterocycles. The molecular weight excluding hydrogens is 212 g/mol. The third kappa shape index (κ3) is 1.84. The van der Waals surface area contributed by atoms with E-state index in [1.54, 1.807) is 4.57 Å². The summed E-state index contributed by atoms with van der Waals surface area (Å²) in [4.78, 5) is 12.2. The van der Waals surface area contributed by atoms with Gasteiger partial charge in [-0.1, -0.05) is 18.2 Å². The highest BCUT2D eigenvalue weighted by molar-refractivity contribution is 5.50. The summed E-state index contributed by atoms with van der Waals surface area (Å²) in [5, 5.41) is 0. The van der Waals surface area contributed by atoms with Crippen molar-refractivity contribution in [3.05, 3.63) is 57.5 Å². The van der Waals surface area contributed by atoms with Crippen LogP contribution in [0.1, 0.15) is 16.8 Å². The zero-order valence-electron chi connectivity index (χ0n) is 10.3. The molecule has 3 nitrogen and oxygen atoms in total. The summed E-state index contributed by atoms with van der Waals surface area (Å²) in [7, 11) is 0. The van der Waals surface area contributed by atoms with Gasteiger partial charge in [0.2, 0.25) is 0 Å². The molecule has 2 aromatic rings. The quantitative estimate of drug-likeness (QED) is 0.814. The summed E-state index contributed by atoms with van der Waals surface area (Å²) in [6.07, 6.45) is 0. The highest BCUT2D eigenvalue weighted by atomic mass is 16.1. The van der Waals surface area contributed by atoms with Gasteiger partial charge in [0.05, 0.1) is 5.69 Å². The number of nitrogens with two attached hydrogens (primary N) is 1. The summed E-state index contributed by atoms with van der Waals surface area (Å²) in [5.41, 5.74) is 9.66. The Morgan fingerprint density at radius 1 is 1.06 bits per heavy atom. The Labute approximate surface area is 101 Å². The van der Waals surface area contributed by atoms with Crippen LogP contribution in [0, 0.1) is 20.8 Å². The molecule has 0 unspecified atom stereocenters. The lowest BCUT2D eigenvalue weighted by atomic mass is 10.1. The largest absolute Gasteiger partial charge is 0.394 e. The van der Waals surface area contributed by atoms with Gasteiger partial charge in [-0.2, -0.15) is 0 Å². The second-order valence-corrected chi connectivity index (χ2v) is 4.31. The van der Waals surface area contributed by atoms with Gasteiger partial charge >= 0.3 is 0 Å². The normalized spacial score (nSPS) is 10.5. The minimum Gasteiger partial charge on any atom is -0.394 e. The van der Waals surface area contributed by atoms with E-state index in [0.717, 1.165) is 22.5 Å². The van der Waals surface area contributed by atoms with Crippen LogP contribution in [0.5, 0.6) is 0 Å². The fraction of sp³-hybridized carbons (Fsp3) is 0.214. The molecule has 2 rings (SSSR count). The Bertz CT molecular complexity index is 627. The van der Waals surface area contributed by atoms with Crippen LogP contribution in [-0.4, -0.2) is 4.57 Å². The van der Waals surface area contributed by atoms with Crippen LogP contribution < -0.4 is 11.3 Å². The first kappa shape index (κ1) is 11.5. The first-order valence-corrected chi connectivity index (χ1v) is 5.57. The minimum absolute atomic E-state index is 0.142. The monoisotopic (exact) mass is 228 g/mol. The number of pyridine rings is 1. The van der Waals surface area contributed by atoms with E-state index in [4.69, 9.17) is 5.73 Å². The van der Waals surface area contributed by atoms with E-state index in [1.807, 2.05) is 51.1 Å². The molecule has 88 valence electrons. The van der Waals surface area contributed by atoms with Gasteiger partial charge in [-0.3, -0.25) is 9.36 Å². The Morgan fingerprint density at radius 3 is 2.35 bits per heavy atom. The van der Waals surface area contributed by atoms with Crippen molar-refractivity contribution in [2.45, 2.75) is 20.8 Å². The van der Waals surface area contributed by atoms with Crippen molar-refractivity contribution in [1.82, 2.24) is 4.57 Å². The van der Waals surface area contributed by atoms with E-state index in [0.29, 0.717) is 5.69 Å². The topological polar surface area (TPSA) is 48.0 Å². The number of rotatable bonds is 1. The van der Waals surface area contributed by atoms with Gasteiger partial charge in [-0.25, -0.2) is 0 Å². The molecule has 0 aliphatic heterocycles. The van der Waals surface area contributed by atoms with E-state index in [-0.39, 0.29) is 5.56 Å². The Morgan fingerprint density at radius 2 is 1.71 bits per heavy atom. The number of hydrogen-bond donors (Lipinski definition) is 1. The van der Waals surface area contributed by atoms with E-state index < -0.39 is 0 Å². The molecule has 0 spiro atoms. The number of aromatic nitrogens is 1. The van der Waals surface area contributed by atoms with Gasteiger partial charge in [-0.05, 0) is 44.0 Å². The molecule has 17 heavy (non-hydrogen) atoms. The maximum atomic E-state index is 12.2. The number of benzene rings is 1. The molecule has 0 atom stereocenters. The molecule has 0 aliphatic carbocycles. The predicted octanol–water partition coefficient (Wildman–Crippen LogP) is 2.34. The van der Waals surface area contributed by atoms with E-state index in [2.05, 4.69) is 0 Å². The van der Waals surface area contributed by atoms with Crippen LogP contribution in [-0.2, 0) is 0 Å². The van der Waals surface area contributed by atoms with Crippen molar-refractivity contribution in [1.29, 1.82) is 0 Å². The van der Waals surface area contributed by atoms with Crippen LogP contribution in [0.25, 0.3) is 5.69 Å². The van der Waals surface area contributed by atoms with Crippen LogP contribution in [0.15, 0.2) is 35.1 Å². The summed E-state index contributed by atoms with van der Waals surface area (Å²) < 4.78 is 1.66. The highest BCUT2D eigenvalue weighted by Crippen LogP contribution is 2.16. The van der Waals surface area contributed by atoms with Gasteiger partial charge in [-0.15, -0.1) is 0 Å². The summed E-state index contributed by atoms with van der Waals surface area (Å²) in [6, 6.07) is 9.72. The predicted molar refractivity (Wildman–Crippen MR) is 70.7 cm³/mol. The van der Waals surface area contributed by atoms with Gasteiger partial charge in [0.25, 0.3) is 5.56 Å². The highest BCUT2D eigenvalue weighted by Gasteiger charge is 2.10. The van der Waals surface area contributed by atoms with Crippen molar-refractivity contribution in [3.8, 4) is 5.69 Å². The van der Waals surface area contributed by atoms with E-state index in [9.17, 15) is 4.79 Å². The van der Waals surface area contributed by atoms with Crippen molar-refractivity contribution in [2.24, 2.45) is 0 Å². The average molecular weight is 228 g/mol. The third-order valence-electron chi connectivity index (χ3n) is 2.99. The Balaban J connectivity index is 2.82. The second kappa shape index (κ2) is 4.09. The molecule has 2 N–H and O–H groups in total. The summed E-state index contributed by atoms with van der Waals surface area (Å²) in [5.74, 6) is 0. The van der Waals surface area contributed by atoms with Gasteiger partial charge < -0.3 is 5.73 Å². The SMILES string of the molecule is Cc1ccccc1-n1c(C)cc(C)c(N)c1=O. The smallest absolute Gasteiger partial charge is 0.278 e. The van der Waals surface area contributed by atoms with Crippen LogP contribution >= 0.6 is 0 Å². The fourth-order valence-electron chi connectivity index (χ4n) is 2.02. The minimum atomic E-state index is -0.142. The van der Waals surface area contributed by atoms with Crippen LogP contribution in [0.2, 0.25) is 0 Å². The molecule has 1 heterocycles. The standard InChI is InChI=1S/C14H16N2O/c1-9-6-4-5-7-12(9)16-11(3)8-10(2)13(15)14(16)17/h4-8H,15H2,1-3H3. The van der Waals surface area contributed by atoms with Crippen molar-refractivity contribution < 1.29 is 0 Å². The number of nitrogen functional groups attached to an aromatic ring is 1. The van der Waals surface area contributed by atoms with Crippen molar-refractivity contribution in [3.63, 3.8) is 0 Å². The molecule has 0 aliphatic rings. The van der Waals surface area contributed by atoms with Gasteiger partial charge in [0.15, 0.2) is 0 Å². The second-order valence-electron chi connectivity index (χ2n) is 4.31. The lowest BCUT2D eigenvalue weighted by Crippen LogP contribution is -2.24. The molecule has 0 bridgehead atoms. The number of anilines is 1. The summed E-state index contributed by atoms with van der Waals surface area (Å²) >= 11 is 0. The molecule has 3 heteroatoms. The molecule has 0 fully saturated rings. The Kier molecular flexibility index (Phi) is 2.76. The third-order valence-corrected chi connectivity index (χ3v) is 2.99. The van der Waals surface area contributed by atoms with Crippen molar-refractivity contribution in [2.75, 3.05) is 5.73 Å².